The Balaban J connectivity index is 0.00000144. The van der Waals surface area contributed by atoms with Gasteiger partial charge in [0.2, 0.25) is 0 Å². The zero-order valence-electron chi connectivity index (χ0n) is 10.1. The van der Waals surface area contributed by atoms with Gasteiger partial charge in [-0.2, -0.15) is 0 Å². The fourth-order valence-electron chi connectivity index (χ4n) is 1.95. The molecule has 3 N–H and O–H groups in total. The fourth-order valence-corrected chi connectivity index (χ4v) is 1.95. The summed E-state index contributed by atoms with van der Waals surface area (Å²) in [4.78, 5) is 0. The smallest absolute Gasteiger partial charge is 0.162 e. The van der Waals surface area contributed by atoms with E-state index in [1.165, 1.54) is 12.8 Å². The maximum atomic E-state index is 10.0. The first-order valence-electron chi connectivity index (χ1n) is 5.92. The number of ether oxygens (including phenoxy) is 1. The number of rotatable bonds is 5. The van der Waals surface area contributed by atoms with Crippen LogP contribution in [0.15, 0.2) is 18.2 Å². The Labute approximate surface area is 108 Å². The van der Waals surface area contributed by atoms with Gasteiger partial charge in [0.05, 0.1) is 6.61 Å². The van der Waals surface area contributed by atoms with Gasteiger partial charge in [0.25, 0.3) is 0 Å². The third kappa shape index (κ3) is 3.51. The lowest BCUT2D eigenvalue weighted by molar-refractivity contribution is 0.315. The standard InChI is InChI=1S/C13H19NO2.ClH/c1-2-16-12-5-3-4-10(13(12)15)11(14)8-9-6-7-9;/h3-5,9,11,15H,2,6-8,14H2,1H3;1H/t11-;/m0./s1. The van der Waals surface area contributed by atoms with Crippen LogP contribution >= 0.6 is 12.4 Å². The second-order valence-corrected chi connectivity index (χ2v) is 4.41. The van der Waals surface area contributed by atoms with E-state index in [0.29, 0.717) is 12.4 Å². The minimum atomic E-state index is -0.0760. The Morgan fingerprint density at radius 2 is 2.18 bits per heavy atom. The van der Waals surface area contributed by atoms with E-state index in [0.717, 1.165) is 17.9 Å². The molecule has 0 radical (unpaired) electrons. The lowest BCUT2D eigenvalue weighted by Crippen LogP contribution is -2.11. The van der Waals surface area contributed by atoms with Gasteiger partial charge in [-0.05, 0) is 25.3 Å². The third-order valence-corrected chi connectivity index (χ3v) is 3.01. The van der Waals surface area contributed by atoms with Crippen LogP contribution in [0.5, 0.6) is 11.5 Å². The van der Waals surface area contributed by atoms with Crippen molar-refractivity contribution in [3.63, 3.8) is 0 Å². The van der Waals surface area contributed by atoms with Crippen molar-refractivity contribution in [3.05, 3.63) is 23.8 Å². The zero-order chi connectivity index (χ0) is 11.5. The Hall–Kier alpha value is -0.930. The molecule has 0 amide bonds. The SMILES string of the molecule is CCOc1cccc([C@@H](N)CC2CC2)c1O.Cl. The lowest BCUT2D eigenvalue weighted by atomic mass is 10.0. The molecule has 0 spiro atoms. The van der Waals surface area contributed by atoms with Gasteiger partial charge in [-0.3, -0.25) is 0 Å². The van der Waals surface area contributed by atoms with Gasteiger partial charge in [0, 0.05) is 11.6 Å². The van der Waals surface area contributed by atoms with Crippen LogP contribution in [0.4, 0.5) is 0 Å². The van der Waals surface area contributed by atoms with Gasteiger partial charge in [-0.15, -0.1) is 12.4 Å². The molecule has 96 valence electrons. The summed E-state index contributed by atoms with van der Waals surface area (Å²) in [5.41, 5.74) is 6.89. The van der Waals surface area contributed by atoms with Crippen LogP contribution in [-0.2, 0) is 0 Å². The van der Waals surface area contributed by atoms with Gasteiger partial charge < -0.3 is 15.6 Å². The van der Waals surface area contributed by atoms with Crippen molar-refractivity contribution >= 4 is 12.4 Å². The molecular formula is C13H20ClNO2. The minimum Gasteiger partial charge on any atom is -0.504 e. The molecule has 0 heterocycles. The Morgan fingerprint density at radius 3 is 2.76 bits per heavy atom. The molecule has 1 aliphatic rings. The summed E-state index contributed by atoms with van der Waals surface area (Å²) >= 11 is 0. The van der Waals surface area contributed by atoms with Crippen LogP contribution < -0.4 is 10.5 Å². The summed E-state index contributed by atoms with van der Waals surface area (Å²) in [6, 6.07) is 5.46. The van der Waals surface area contributed by atoms with Gasteiger partial charge in [0.15, 0.2) is 11.5 Å². The third-order valence-electron chi connectivity index (χ3n) is 3.01. The van der Waals surface area contributed by atoms with Gasteiger partial charge in [-0.25, -0.2) is 0 Å². The van der Waals surface area contributed by atoms with Crippen molar-refractivity contribution in [3.8, 4) is 11.5 Å². The van der Waals surface area contributed by atoms with E-state index in [1.807, 2.05) is 19.1 Å². The summed E-state index contributed by atoms with van der Waals surface area (Å²) < 4.78 is 5.34. The van der Waals surface area contributed by atoms with Gasteiger partial charge >= 0.3 is 0 Å². The molecule has 3 nitrogen and oxygen atoms in total. The highest BCUT2D eigenvalue weighted by Gasteiger charge is 2.26. The second kappa shape index (κ2) is 6.12. The minimum absolute atomic E-state index is 0. The van der Waals surface area contributed by atoms with Crippen LogP contribution in [0.3, 0.4) is 0 Å². The molecule has 0 aromatic heterocycles. The molecule has 1 atom stereocenters. The summed E-state index contributed by atoms with van der Waals surface area (Å²) in [7, 11) is 0. The van der Waals surface area contributed by atoms with Crippen LogP contribution in [0.2, 0.25) is 0 Å². The summed E-state index contributed by atoms with van der Waals surface area (Å²) in [5, 5.41) is 10.0. The zero-order valence-corrected chi connectivity index (χ0v) is 10.9. The number of aromatic hydroxyl groups is 1. The summed E-state index contributed by atoms with van der Waals surface area (Å²) in [6.45, 7) is 2.45. The van der Waals surface area contributed by atoms with E-state index < -0.39 is 0 Å². The molecule has 4 heteroatoms. The maximum Gasteiger partial charge on any atom is 0.162 e. The monoisotopic (exact) mass is 257 g/mol. The quantitative estimate of drug-likeness (QED) is 0.853. The molecule has 17 heavy (non-hydrogen) atoms. The molecule has 1 fully saturated rings. The van der Waals surface area contributed by atoms with Gasteiger partial charge in [0.1, 0.15) is 0 Å². The Kier molecular flexibility index (Phi) is 5.09. The molecule has 0 bridgehead atoms. The maximum absolute atomic E-state index is 10.0. The topological polar surface area (TPSA) is 55.5 Å². The molecule has 0 aliphatic heterocycles. The van der Waals surface area contributed by atoms with E-state index in [1.54, 1.807) is 6.07 Å². The molecule has 1 aromatic carbocycles. The highest BCUT2D eigenvalue weighted by Crippen LogP contribution is 2.40. The lowest BCUT2D eigenvalue weighted by Gasteiger charge is -2.15. The summed E-state index contributed by atoms with van der Waals surface area (Å²) in [5.74, 6) is 1.49. The fraction of sp³-hybridized carbons (Fsp3) is 0.538. The number of para-hydroxylation sites is 1. The first-order chi connectivity index (χ1) is 7.72. The molecule has 0 saturated heterocycles. The number of phenolic OH excluding ortho intramolecular Hbond substituents is 1. The average molecular weight is 258 g/mol. The number of hydrogen-bond donors (Lipinski definition) is 2. The second-order valence-electron chi connectivity index (χ2n) is 4.41. The van der Waals surface area contributed by atoms with E-state index in [9.17, 15) is 5.11 Å². The van der Waals surface area contributed by atoms with E-state index in [4.69, 9.17) is 10.5 Å². The van der Waals surface area contributed by atoms with Crippen molar-refractivity contribution < 1.29 is 9.84 Å². The number of hydrogen-bond acceptors (Lipinski definition) is 3. The summed E-state index contributed by atoms with van der Waals surface area (Å²) in [6.07, 6.45) is 3.52. The average Bonchev–Trinajstić information content (AvgIpc) is 3.05. The predicted octanol–water partition coefficient (Wildman–Crippen LogP) is 3.01. The van der Waals surface area contributed by atoms with Crippen LogP contribution in [-0.4, -0.2) is 11.7 Å². The molecule has 2 rings (SSSR count). The van der Waals surface area contributed by atoms with E-state index >= 15 is 0 Å². The van der Waals surface area contributed by atoms with Gasteiger partial charge in [-0.1, -0.05) is 25.0 Å². The van der Waals surface area contributed by atoms with Crippen molar-refractivity contribution in [2.24, 2.45) is 11.7 Å². The van der Waals surface area contributed by atoms with E-state index in [-0.39, 0.29) is 24.2 Å². The van der Waals surface area contributed by atoms with Crippen molar-refractivity contribution in [2.45, 2.75) is 32.2 Å². The molecular weight excluding hydrogens is 238 g/mol. The van der Waals surface area contributed by atoms with Crippen molar-refractivity contribution in [1.29, 1.82) is 0 Å². The predicted molar refractivity (Wildman–Crippen MR) is 70.8 cm³/mol. The molecule has 1 saturated carbocycles. The Morgan fingerprint density at radius 1 is 1.47 bits per heavy atom. The molecule has 1 aromatic rings. The van der Waals surface area contributed by atoms with Crippen molar-refractivity contribution in [2.75, 3.05) is 6.61 Å². The number of benzene rings is 1. The molecule has 0 unspecified atom stereocenters. The normalized spacial score (nSPS) is 16.1. The highest BCUT2D eigenvalue weighted by molar-refractivity contribution is 5.85. The number of nitrogens with two attached hydrogens (primary N) is 1. The van der Waals surface area contributed by atoms with Crippen LogP contribution in [0, 0.1) is 5.92 Å². The van der Waals surface area contributed by atoms with Crippen LogP contribution in [0.1, 0.15) is 37.8 Å². The van der Waals surface area contributed by atoms with E-state index in [2.05, 4.69) is 0 Å². The largest absolute Gasteiger partial charge is 0.504 e. The number of phenols is 1. The van der Waals surface area contributed by atoms with Crippen molar-refractivity contribution in [1.82, 2.24) is 0 Å². The Bertz CT molecular complexity index is 366. The first kappa shape index (κ1) is 14.1. The molecule has 1 aliphatic carbocycles. The number of halogens is 1. The highest BCUT2D eigenvalue weighted by atomic mass is 35.5. The first-order valence-corrected chi connectivity index (χ1v) is 5.92. The van der Waals surface area contributed by atoms with Crippen LogP contribution in [0.25, 0.3) is 0 Å².